The van der Waals surface area contributed by atoms with Crippen molar-refractivity contribution in [3.05, 3.63) is 35.9 Å². The molecule has 2 aliphatic rings. The quantitative estimate of drug-likeness (QED) is 0.641. The molecule has 3 rings (SSSR count). The van der Waals surface area contributed by atoms with Gasteiger partial charge in [0.15, 0.2) is 12.1 Å². The number of hydrogen-bond donors (Lipinski definition) is 0. The molecule has 0 radical (unpaired) electrons. The maximum atomic E-state index is 11.6. The van der Waals surface area contributed by atoms with Crippen LogP contribution in [0.4, 0.5) is 0 Å². The van der Waals surface area contributed by atoms with Crippen molar-refractivity contribution < 1.29 is 31.5 Å². The molecule has 1 aromatic rings. The Morgan fingerprint density at radius 2 is 1.96 bits per heavy atom. The minimum absolute atomic E-state index is 0.175. The Labute approximate surface area is 159 Å². The molecule has 0 spiro atoms. The predicted molar refractivity (Wildman–Crippen MR) is 93.7 cm³/mol. The van der Waals surface area contributed by atoms with Crippen molar-refractivity contribution in [3.63, 3.8) is 0 Å². The molecule has 148 valence electrons. The topological polar surface area (TPSA) is 104 Å². The molecule has 2 aliphatic heterocycles. The normalized spacial score (nSPS) is 30.6. The van der Waals surface area contributed by atoms with E-state index in [-0.39, 0.29) is 13.0 Å². The molecule has 0 bridgehead atoms. The van der Waals surface area contributed by atoms with Crippen LogP contribution in [0.5, 0.6) is 0 Å². The average molecular weight is 397 g/mol. The summed E-state index contributed by atoms with van der Waals surface area (Å²) < 4.78 is 51.9. The van der Waals surface area contributed by atoms with Crippen LogP contribution in [0, 0.1) is 11.3 Å². The molecule has 0 saturated carbocycles. The van der Waals surface area contributed by atoms with Crippen LogP contribution in [0.1, 0.15) is 25.8 Å². The van der Waals surface area contributed by atoms with Gasteiger partial charge in [0.2, 0.25) is 0 Å². The minimum Gasteiger partial charge on any atom is -0.368 e. The molecule has 0 aliphatic carbocycles. The van der Waals surface area contributed by atoms with Gasteiger partial charge in [0.05, 0.1) is 25.4 Å². The van der Waals surface area contributed by atoms with Gasteiger partial charge in [-0.3, -0.25) is 4.18 Å². The van der Waals surface area contributed by atoms with Crippen LogP contribution in [0.25, 0.3) is 0 Å². The summed E-state index contributed by atoms with van der Waals surface area (Å²) in [6, 6.07) is 11.5. The van der Waals surface area contributed by atoms with E-state index in [0.717, 1.165) is 11.8 Å². The van der Waals surface area contributed by atoms with Crippen LogP contribution >= 0.6 is 0 Å². The number of rotatable bonds is 7. The van der Waals surface area contributed by atoms with Crippen molar-refractivity contribution in [2.45, 2.75) is 63.4 Å². The summed E-state index contributed by atoms with van der Waals surface area (Å²) in [5.41, 5.74) is 0.943. The van der Waals surface area contributed by atoms with E-state index >= 15 is 0 Å². The van der Waals surface area contributed by atoms with Crippen LogP contribution in [0.2, 0.25) is 0 Å². The van der Waals surface area contributed by atoms with E-state index in [1.807, 2.05) is 36.4 Å². The number of benzene rings is 1. The molecular weight excluding hydrogens is 374 g/mol. The fraction of sp³-hybridized carbons (Fsp3) is 0.611. The lowest BCUT2D eigenvalue weighted by Gasteiger charge is -2.29. The second-order valence-electron chi connectivity index (χ2n) is 7.03. The summed E-state index contributed by atoms with van der Waals surface area (Å²) in [7, 11) is -3.79. The molecule has 1 aromatic carbocycles. The summed E-state index contributed by atoms with van der Waals surface area (Å²) in [5.74, 6) is -0.850. The van der Waals surface area contributed by atoms with Crippen LogP contribution in [0.15, 0.2) is 30.3 Å². The molecule has 2 fully saturated rings. The Bertz CT molecular complexity index is 790. The van der Waals surface area contributed by atoms with Gasteiger partial charge in [-0.25, -0.2) is 0 Å². The Kier molecular flexibility index (Phi) is 5.86. The van der Waals surface area contributed by atoms with E-state index in [1.54, 1.807) is 13.8 Å². The molecule has 27 heavy (non-hydrogen) atoms. The highest BCUT2D eigenvalue weighted by atomic mass is 32.2. The zero-order valence-electron chi connectivity index (χ0n) is 15.4. The van der Waals surface area contributed by atoms with Gasteiger partial charge in [-0.1, -0.05) is 30.3 Å². The van der Waals surface area contributed by atoms with Crippen LogP contribution in [-0.4, -0.2) is 51.2 Å². The highest BCUT2D eigenvalue weighted by molar-refractivity contribution is 7.86. The first kappa shape index (κ1) is 20.2. The van der Waals surface area contributed by atoms with Gasteiger partial charge in [0.25, 0.3) is 10.1 Å². The Morgan fingerprint density at radius 3 is 2.59 bits per heavy atom. The third-order valence-electron chi connectivity index (χ3n) is 4.27. The minimum atomic E-state index is -3.79. The second kappa shape index (κ2) is 7.83. The lowest BCUT2D eigenvalue weighted by atomic mass is 10.0. The zero-order valence-corrected chi connectivity index (χ0v) is 16.2. The van der Waals surface area contributed by atoms with Gasteiger partial charge in [0, 0.05) is 0 Å². The Balaban J connectivity index is 1.81. The molecule has 2 heterocycles. The highest BCUT2D eigenvalue weighted by Gasteiger charge is 2.57. The SMILES string of the molecule is CC1(C)OC2OC(C(CC#N)OS(C)(=O)=O)C(OCc3ccccc3)C2O1. The van der Waals surface area contributed by atoms with Gasteiger partial charge < -0.3 is 18.9 Å². The maximum Gasteiger partial charge on any atom is 0.264 e. The standard InChI is InChI=1S/C18H23NO7S/c1-18(2)24-16-15(22-11-12-7-5-4-6-8-12)14(23-17(16)25-18)13(9-10-19)26-27(3,20)21/h4-8,13-17H,9,11H2,1-3H3. The molecule has 0 amide bonds. The van der Waals surface area contributed by atoms with Crippen molar-refractivity contribution in [1.29, 1.82) is 5.26 Å². The summed E-state index contributed by atoms with van der Waals surface area (Å²) in [5, 5.41) is 9.09. The van der Waals surface area contributed by atoms with Crippen molar-refractivity contribution in [2.24, 2.45) is 0 Å². The molecular formula is C18H23NO7S. The molecule has 5 unspecified atom stereocenters. The van der Waals surface area contributed by atoms with E-state index in [2.05, 4.69) is 0 Å². The number of nitriles is 1. The number of nitrogens with zero attached hydrogens (tertiary/aromatic N) is 1. The van der Waals surface area contributed by atoms with Gasteiger partial charge in [-0.15, -0.1) is 0 Å². The summed E-state index contributed by atoms with van der Waals surface area (Å²) in [4.78, 5) is 0. The number of fused-ring (bicyclic) bond motifs is 1. The monoisotopic (exact) mass is 397 g/mol. The number of hydrogen-bond acceptors (Lipinski definition) is 8. The first-order valence-electron chi connectivity index (χ1n) is 8.60. The molecule has 2 saturated heterocycles. The second-order valence-corrected chi connectivity index (χ2v) is 8.63. The van der Waals surface area contributed by atoms with Crippen molar-refractivity contribution in [1.82, 2.24) is 0 Å². The van der Waals surface area contributed by atoms with Crippen LogP contribution < -0.4 is 0 Å². The van der Waals surface area contributed by atoms with Crippen molar-refractivity contribution in [2.75, 3.05) is 6.26 Å². The van der Waals surface area contributed by atoms with E-state index in [1.165, 1.54) is 0 Å². The summed E-state index contributed by atoms with van der Waals surface area (Å²) >= 11 is 0. The number of ether oxygens (including phenoxy) is 4. The zero-order chi connectivity index (χ0) is 19.7. The summed E-state index contributed by atoms with van der Waals surface area (Å²) in [6.45, 7) is 3.80. The lowest BCUT2D eigenvalue weighted by Crippen LogP contribution is -2.44. The fourth-order valence-corrected chi connectivity index (χ4v) is 3.91. The molecule has 9 heteroatoms. The van der Waals surface area contributed by atoms with E-state index < -0.39 is 46.6 Å². The summed E-state index contributed by atoms with van der Waals surface area (Å²) in [6.07, 6.45) is -3.03. The van der Waals surface area contributed by atoms with E-state index in [4.69, 9.17) is 28.4 Å². The first-order chi connectivity index (χ1) is 12.7. The van der Waals surface area contributed by atoms with Crippen molar-refractivity contribution in [3.8, 4) is 6.07 Å². The average Bonchev–Trinajstić information content (AvgIpc) is 3.04. The first-order valence-corrected chi connectivity index (χ1v) is 10.4. The Hall–Kier alpha value is -1.54. The third-order valence-corrected chi connectivity index (χ3v) is 4.87. The van der Waals surface area contributed by atoms with E-state index in [9.17, 15) is 8.42 Å². The molecule has 0 aromatic heterocycles. The van der Waals surface area contributed by atoms with Gasteiger partial charge in [0.1, 0.15) is 24.4 Å². The van der Waals surface area contributed by atoms with Gasteiger partial charge in [-0.05, 0) is 19.4 Å². The van der Waals surface area contributed by atoms with Gasteiger partial charge in [-0.2, -0.15) is 13.7 Å². The van der Waals surface area contributed by atoms with Crippen LogP contribution in [-0.2, 0) is 39.9 Å². The van der Waals surface area contributed by atoms with Gasteiger partial charge >= 0.3 is 0 Å². The lowest BCUT2D eigenvalue weighted by molar-refractivity contribution is -0.228. The smallest absolute Gasteiger partial charge is 0.264 e. The largest absolute Gasteiger partial charge is 0.368 e. The fourth-order valence-electron chi connectivity index (χ4n) is 3.28. The van der Waals surface area contributed by atoms with Crippen LogP contribution in [0.3, 0.4) is 0 Å². The Morgan fingerprint density at radius 1 is 1.26 bits per heavy atom. The molecule has 0 N–H and O–H groups in total. The predicted octanol–water partition coefficient (Wildman–Crippen LogP) is 1.71. The molecule has 8 nitrogen and oxygen atoms in total. The van der Waals surface area contributed by atoms with E-state index in [0.29, 0.717) is 0 Å². The molecule has 5 atom stereocenters. The maximum absolute atomic E-state index is 11.6. The van der Waals surface area contributed by atoms with Crippen molar-refractivity contribution >= 4 is 10.1 Å². The third kappa shape index (κ3) is 5.04. The highest BCUT2D eigenvalue weighted by Crippen LogP contribution is 2.41.